The SMILES string of the molecule is Cc1ccc(CN(Cc2ccc(F)cc2)C(=O)CN(CCN2CCOCC2)C(=O)Nc2ccc(C)c(C)c2)o1. The van der Waals surface area contributed by atoms with E-state index in [1.165, 1.54) is 12.1 Å². The number of halogens is 1. The van der Waals surface area contributed by atoms with Crippen molar-refractivity contribution in [3.8, 4) is 0 Å². The van der Waals surface area contributed by atoms with Gasteiger partial charge in [-0.1, -0.05) is 18.2 Å². The van der Waals surface area contributed by atoms with Crippen LogP contribution in [0.1, 0.15) is 28.2 Å². The summed E-state index contributed by atoms with van der Waals surface area (Å²) in [7, 11) is 0. The van der Waals surface area contributed by atoms with Gasteiger partial charge in [-0.2, -0.15) is 0 Å². The van der Waals surface area contributed by atoms with Gasteiger partial charge in [-0.05, 0) is 73.9 Å². The van der Waals surface area contributed by atoms with Crippen LogP contribution in [0, 0.1) is 26.6 Å². The van der Waals surface area contributed by atoms with Gasteiger partial charge in [-0.15, -0.1) is 0 Å². The Kier molecular flexibility index (Phi) is 9.73. The topological polar surface area (TPSA) is 78.3 Å². The molecule has 39 heavy (non-hydrogen) atoms. The Balaban J connectivity index is 1.51. The molecule has 1 fully saturated rings. The minimum absolute atomic E-state index is 0.109. The molecular weight excluding hydrogens is 499 g/mol. The summed E-state index contributed by atoms with van der Waals surface area (Å²) < 4.78 is 24.7. The maximum atomic E-state index is 13.7. The number of furan rings is 1. The summed E-state index contributed by atoms with van der Waals surface area (Å²) in [5.74, 6) is 0.822. The third kappa shape index (κ3) is 8.40. The van der Waals surface area contributed by atoms with E-state index in [0.29, 0.717) is 37.8 Å². The molecule has 1 aliphatic rings. The van der Waals surface area contributed by atoms with Gasteiger partial charge in [0, 0.05) is 38.4 Å². The van der Waals surface area contributed by atoms with Crippen molar-refractivity contribution in [1.29, 1.82) is 0 Å². The van der Waals surface area contributed by atoms with E-state index in [4.69, 9.17) is 9.15 Å². The molecule has 0 bridgehead atoms. The van der Waals surface area contributed by atoms with Gasteiger partial charge >= 0.3 is 6.03 Å². The first kappa shape index (κ1) is 28.3. The van der Waals surface area contributed by atoms with E-state index in [1.54, 1.807) is 21.9 Å². The third-order valence-electron chi connectivity index (χ3n) is 6.94. The van der Waals surface area contributed by atoms with Crippen molar-refractivity contribution in [2.75, 3.05) is 51.3 Å². The average Bonchev–Trinajstić information content (AvgIpc) is 3.34. The summed E-state index contributed by atoms with van der Waals surface area (Å²) in [6.45, 7) is 10.1. The Bertz CT molecular complexity index is 1250. The molecule has 1 saturated heterocycles. The number of carbonyl (C=O) groups excluding carboxylic acids is 2. The summed E-state index contributed by atoms with van der Waals surface area (Å²) in [4.78, 5) is 32.6. The second-order valence-electron chi connectivity index (χ2n) is 9.99. The lowest BCUT2D eigenvalue weighted by molar-refractivity contribution is -0.133. The number of nitrogens with one attached hydrogen (secondary N) is 1. The number of morpholine rings is 1. The van der Waals surface area contributed by atoms with Crippen molar-refractivity contribution in [3.05, 3.63) is 88.6 Å². The lowest BCUT2D eigenvalue weighted by Gasteiger charge is -2.31. The van der Waals surface area contributed by atoms with Crippen molar-refractivity contribution in [2.24, 2.45) is 0 Å². The summed E-state index contributed by atoms with van der Waals surface area (Å²) in [6, 6.07) is 15.2. The van der Waals surface area contributed by atoms with Gasteiger partial charge in [-0.3, -0.25) is 9.69 Å². The normalized spacial score (nSPS) is 13.7. The molecule has 2 heterocycles. The Morgan fingerprint density at radius 1 is 0.923 bits per heavy atom. The van der Waals surface area contributed by atoms with Crippen LogP contribution in [0.25, 0.3) is 0 Å². The fourth-order valence-electron chi connectivity index (χ4n) is 4.42. The fourth-order valence-corrected chi connectivity index (χ4v) is 4.42. The molecule has 8 nitrogen and oxygen atoms in total. The van der Waals surface area contributed by atoms with Gasteiger partial charge in [0.05, 0.1) is 19.8 Å². The second kappa shape index (κ2) is 13.4. The van der Waals surface area contributed by atoms with E-state index in [9.17, 15) is 14.0 Å². The minimum atomic E-state index is -0.338. The van der Waals surface area contributed by atoms with Crippen molar-refractivity contribution < 1.29 is 23.1 Å². The van der Waals surface area contributed by atoms with E-state index in [-0.39, 0.29) is 37.4 Å². The first-order chi connectivity index (χ1) is 18.8. The molecule has 0 unspecified atom stereocenters. The number of benzene rings is 2. The lowest BCUT2D eigenvalue weighted by atomic mass is 10.1. The summed E-state index contributed by atoms with van der Waals surface area (Å²) >= 11 is 0. The van der Waals surface area contributed by atoms with E-state index in [2.05, 4.69) is 10.2 Å². The van der Waals surface area contributed by atoms with Gasteiger partial charge < -0.3 is 24.3 Å². The quantitative estimate of drug-likeness (QED) is 0.405. The number of amides is 3. The molecule has 4 rings (SSSR count). The maximum absolute atomic E-state index is 13.7. The van der Waals surface area contributed by atoms with Crippen LogP contribution in [-0.4, -0.2) is 72.6 Å². The Labute approximate surface area is 229 Å². The molecule has 1 aliphatic heterocycles. The first-order valence-corrected chi connectivity index (χ1v) is 13.3. The molecule has 0 aliphatic carbocycles. The smallest absolute Gasteiger partial charge is 0.322 e. The highest BCUT2D eigenvalue weighted by Crippen LogP contribution is 2.17. The molecule has 0 atom stereocenters. The standard InChI is InChI=1S/C30H37FN4O4/c1-22-4-10-27(18-23(22)2)32-30(37)34(13-12-33-14-16-38-17-15-33)21-29(36)35(20-28-11-5-24(3)39-28)19-25-6-8-26(31)9-7-25/h4-11,18H,12-17,19-21H2,1-3H3,(H,32,37). The zero-order chi connectivity index (χ0) is 27.8. The zero-order valence-electron chi connectivity index (χ0n) is 22.9. The number of nitrogens with zero attached hydrogens (tertiary/aromatic N) is 3. The van der Waals surface area contributed by atoms with Crippen LogP contribution in [0.15, 0.2) is 59.0 Å². The van der Waals surface area contributed by atoms with Gasteiger partial charge in [-0.25, -0.2) is 9.18 Å². The largest absolute Gasteiger partial charge is 0.464 e. The molecule has 9 heteroatoms. The number of hydrogen-bond donors (Lipinski definition) is 1. The molecule has 3 aromatic rings. The third-order valence-corrected chi connectivity index (χ3v) is 6.94. The highest BCUT2D eigenvalue weighted by molar-refractivity contribution is 5.92. The predicted molar refractivity (Wildman–Crippen MR) is 148 cm³/mol. The monoisotopic (exact) mass is 536 g/mol. The van der Waals surface area contributed by atoms with E-state index < -0.39 is 0 Å². The van der Waals surface area contributed by atoms with Gasteiger partial charge in [0.1, 0.15) is 23.9 Å². The van der Waals surface area contributed by atoms with E-state index >= 15 is 0 Å². The molecule has 1 aromatic heterocycles. The molecule has 0 spiro atoms. The number of rotatable bonds is 10. The van der Waals surface area contributed by atoms with Crippen LogP contribution >= 0.6 is 0 Å². The number of hydrogen-bond acceptors (Lipinski definition) is 5. The molecule has 0 saturated carbocycles. The molecule has 208 valence electrons. The number of urea groups is 1. The molecule has 2 aromatic carbocycles. The Morgan fingerprint density at radius 2 is 1.67 bits per heavy atom. The molecule has 1 N–H and O–H groups in total. The zero-order valence-corrected chi connectivity index (χ0v) is 22.9. The highest BCUT2D eigenvalue weighted by atomic mass is 19.1. The van der Waals surface area contributed by atoms with Crippen LogP contribution in [0.4, 0.5) is 14.9 Å². The Morgan fingerprint density at radius 3 is 2.33 bits per heavy atom. The Hall–Kier alpha value is -3.69. The number of carbonyl (C=O) groups is 2. The lowest BCUT2D eigenvalue weighted by Crippen LogP contribution is -2.48. The number of ether oxygens (including phenoxy) is 1. The molecule has 3 amide bonds. The molecule has 0 radical (unpaired) electrons. The van der Waals surface area contributed by atoms with Crippen LogP contribution in [0.5, 0.6) is 0 Å². The summed E-state index contributed by atoms with van der Waals surface area (Å²) in [5, 5.41) is 2.96. The van der Waals surface area contributed by atoms with Crippen LogP contribution in [0.3, 0.4) is 0 Å². The highest BCUT2D eigenvalue weighted by Gasteiger charge is 2.24. The van der Waals surface area contributed by atoms with Crippen molar-refractivity contribution in [3.63, 3.8) is 0 Å². The summed E-state index contributed by atoms with van der Waals surface area (Å²) in [6.07, 6.45) is 0. The number of aryl methyl sites for hydroxylation is 3. The van der Waals surface area contributed by atoms with Gasteiger partial charge in [0.15, 0.2) is 0 Å². The van der Waals surface area contributed by atoms with Crippen molar-refractivity contribution >= 4 is 17.6 Å². The van der Waals surface area contributed by atoms with Gasteiger partial charge in [0.2, 0.25) is 5.91 Å². The van der Waals surface area contributed by atoms with Crippen molar-refractivity contribution in [2.45, 2.75) is 33.9 Å². The van der Waals surface area contributed by atoms with E-state index in [0.717, 1.165) is 35.5 Å². The summed E-state index contributed by atoms with van der Waals surface area (Å²) in [5.41, 5.74) is 3.67. The van der Waals surface area contributed by atoms with Crippen LogP contribution in [0.2, 0.25) is 0 Å². The van der Waals surface area contributed by atoms with Crippen molar-refractivity contribution in [1.82, 2.24) is 14.7 Å². The maximum Gasteiger partial charge on any atom is 0.322 e. The van der Waals surface area contributed by atoms with Crippen LogP contribution < -0.4 is 5.32 Å². The molecular formula is C30H37FN4O4. The average molecular weight is 537 g/mol. The first-order valence-electron chi connectivity index (χ1n) is 13.3. The van der Waals surface area contributed by atoms with Crippen LogP contribution in [-0.2, 0) is 22.6 Å². The predicted octanol–water partition coefficient (Wildman–Crippen LogP) is 4.74. The van der Waals surface area contributed by atoms with Gasteiger partial charge in [0.25, 0.3) is 0 Å². The number of anilines is 1. The minimum Gasteiger partial charge on any atom is -0.464 e. The van der Waals surface area contributed by atoms with E-state index in [1.807, 2.05) is 51.1 Å². The fraction of sp³-hybridized carbons (Fsp3) is 0.400. The second-order valence-corrected chi connectivity index (χ2v) is 9.99.